The molecule has 0 spiro atoms. The number of hydrogen-bond donors (Lipinski definition) is 3. The number of benzene rings is 1. The summed E-state index contributed by atoms with van der Waals surface area (Å²) in [5.41, 5.74) is 1.98. The van der Waals surface area contributed by atoms with Crippen molar-refractivity contribution in [3.05, 3.63) is 30.3 Å². The molecule has 4 rings (SSSR count). The zero-order chi connectivity index (χ0) is 20.4. The highest BCUT2D eigenvalue weighted by Crippen LogP contribution is 2.46. The molecule has 7 nitrogen and oxygen atoms in total. The van der Waals surface area contributed by atoms with Crippen molar-refractivity contribution in [3.63, 3.8) is 0 Å². The summed E-state index contributed by atoms with van der Waals surface area (Å²) in [5.74, 6) is -1.21. The lowest BCUT2D eigenvalue weighted by atomic mass is 9.69. The van der Waals surface area contributed by atoms with Gasteiger partial charge in [0.05, 0.1) is 17.4 Å². The lowest BCUT2D eigenvalue weighted by molar-refractivity contribution is -0.153. The summed E-state index contributed by atoms with van der Waals surface area (Å²) in [6.45, 7) is 2.74. The highest BCUT2D eigenvalue weighted by atomic mass is 16.5. The van der Waals surface area contributed by atoms with Gasteiger partial charge in [-0.15, -0.1) is 0 Å². The van der Waals surface area contributed by atoms with E-state index < -0.39 is 23.3 Å². The zero-order valence-electron chi connectivity index (χ0n) is 16.8. The van der Waals surface area contributed by atoms with Gasteiger partial charge in [-0.3, -0.25) is 14.8 Å². The number of carbonyl (C=O) groups is 2. The minimum atomic E-state index is -0.902. The molecule has 2 saturated carbocycles. The van der Waals surface area contributed by atoms with Gasteiger partial charge >= 0.3 is 0 Å². The van der Waals surface area contributed by atoms with Crippen LogP contribution in [-0.2, 0) is 9.59 Å². The number of hydrogen-bond acceptors (Lipinski definition) is 5. The summed E-state index contributed by atoms with van der Waals surface area (Å²) >= 11 is 0. The smallest absolute Gasteiger partial charge is 0.247 e. The summed E-state index contributed by atoms with van der Waals surface area (Å²) in [4.78, 5) is 29.7. The zero-order valence-corrected chi connectivity index (χ0v) is 16.8. The van der Waals surface area contributed by atoms with Crippen LogP contribution >= 0.6 is 0 Å². The van der Waals surface area contributed by atoms with Crippen molar-refractivity contribution in [2.24, 2.45) is 17.8 Å². The first-order chi connectivity index (χ1) is 14.0. The van der Waals surface area contributed by atoms with E-state index in [9.17, 15) is 19.9 Å². The van der Waals surface area contributed by atoms with Crippen LogP contribution in [0.4, 0.5) is 5.69 Å². The van der Waals surface area contributed by atoms with E-state index in [4.69, 9.17) is 0 Å². The van der Waals surface area contributed by atoms with E-state index in [-0.39, 0.29) is 12.3 Å². The van der Waals surface area contributed by atoms with Crippen LogP contribution in [0.25, 0.3) is 0 Å². The Morgan fingerprint density at radius 2 is 1.72 bits per heavy atom. The molecule has 0 unspecified atom stereocenters. The number of aliphatic hydroxyl groups is 1. The Labute approximate surface area is 171 Å². The first-order valence-corrected chi connectivity index (χ1v) is 10.7. The second-order valence-electron chi connectivity index (χ2n) is 8.95. The van der Waals surface area contributed by atoms with E-state index in [1.807, 2.05) is 23.1 Å². The number of carbonyl (C=O) groups excluding carboxylic acids is 2. The van der Waals surface area contributed by atoms with E-state index in [2.05, 4.69) is 17.0 Å². The van der Waals surface area contributed by atoms with Crippen LogP contribution in [0.15, 0.2) is 30.3 Å². The number of para-hydroxylation sites is 1. The van der Waals surface area contributed by atoms with Gasteiger partial charge in [-0.1, -0.05) is 31.0 Å². The second-order valence-corrected chi connectivity index (χ2v) is 8.95. The van der Waals surface area contributed by atoms with Gasteiger partial charge in [-0.25, -0.2) is 5.48 Å². The van der Waals surface area contributed by atoms with Crippen LogP contribution in [-0.4, -0.2) is 58.8 Å². The predicted molar refractivity (Wildman–Crippen MR) is 108 cm³/mol. The molecule has 1 aromatic carbocycles. The summed E-state index contributed by atoms with van der Waals surface area (Å²) in [6, 6.07) is 10.1. The maximum atomic E-state index is 13.2. The Kier molecular flexibility index (Phi) is 5.79. The molecule has 3 aliphatic rings. The highest BCUT2D eigenvalue weighted by Gasteiger charge is 2.48. The lowest BCUT2D eigenvalue weighted by Gasteiger charge is -2.43. The summed E-state index contributed by atoms with van der Waals surface area (Å²) < 4.78 is 0. The third-order valence-corrected chi connectivity index (χ3v) is 6.85. The Morgan fingerprint density at radius 1 is 1.03 bits per heavy atom. The lowest BCUT2D eigenvalue weighted by Crippen LogP contribution is -2.54. The fourth-order valence-corrected chi connectivity index (χ4v) is 5.04. The van der Waals surface area contributed by atoms with Crippen LogP contribution in [0.5, 0.6) is 0 Å². The number of anilines is 1. The van der Waals surface area contributed by atoms with Crippen molar-refractivity contribution < 1.29 is 19.9 Å². The molecule has 3 fully saturated rings. The molecule has 0 radical (unpaired) electrons. The fraction of sp³-hybridized carbons (Fsp3) is 0.636. The van der Waals surface area contributed by atoms with Crippen LogP contribution in [0, 0.1) is 17.8 Å². The van der Waals surface area contributed by atoms with Gasteiger partial charge in [0.1, 0.15) is 0 Å². The predicted octanol–water partition coefficient (Wildman–Crippen LogP) is 1.79. The Hall–Kier alpha value is -2.12. The monoisotopic (exact) mass is 401 g/mol. The van der Waals surface area contributed by atoms with Gasteiger partial charge in [-0.2, -0.15) is 0 Å². The SMILES string of the molecule is O=C(NO)[C@H]1C[C@](O)(CC2CC2)CC[C@@H]1C(=O)N1CCN(c2ccccc2)CC1. The topological polar surface area (TPSA) is 93.1 Å². The molecule has 2 aliphatic carbocycles. The summed E-state index contributed by atoms with van der Waals surface area (Å²) in [7, 11) is 0. The number of nitrogens with zero attached hydrogens (tertiary/aromatic N) is 2. The number of rotatable bonds is 5. The van der Waals surface area contributed by atoms with E-state index in [1.54, 1.807) is 5.48 Å². The molecule has 0 aromatic heterocycles. The molecule has 29 heavy (non-hydrogen) atoms. The van der Waals surface area contributed by atoms with Crippen molar-refractivity contribution in [1.29, 1.82) is 0 Å². The minimum Gasteiger partial charge on any atom is -0.390 e. The normalized spacial score (nSPS) is 30.1. The first-order valence-electron chi connectivity index (χ1n) is 10.7. The third-order valence-electron chi connectivity index (χ3n) is 6.85. The molecule has 1 aliphatic heterocycles. The molecule has 1 aromatic rings. The van der Waals surface area contributed by atoms with Gasteiger partial charge < -0.3 is 14.9 Å². The third kappa shape index (κ3) is 4.56. The van der Waals surface area contributed by atoms with Crippen molar-refractivity contribution >= 4 is 17.5 Å². The van der Waals surface area contributed by atoms with Gasteiger partial charge in [-0.05, 0) is 43.7 Å². The van der Waals surface area contributed by atoms with Crippen LogP contribution in [0.1, 0.15) is 38.5 Å². The van der Waals surface area contributed by atoms with Crippen molar-refractivity contribution in [2.75, 3.05) is 31.1 Å². The minimum absolute atomic E-state index is 0.0280. The number of nitrogens with one attached hydrogen (secondary N) is 1. The van der Waals surface area contributed by atoms with Crippen molar-refractivity contribution in [2.45, 2.75) is 44.1 Å². The fourth-order valence-electron chi connectivity index (χ4n) is 5.04. The molecular weight excluding hydrogens is 370 g/mol. The first kappa shape index (κ1) is 20.2. The van der Waals surface area contributed by atoms with E-state index in [0.717, 1.165) is 31.6 Å². The maximum Gasteiger partial charge on any atom is 0.247 e. The largest absolute Gasteiger partial charge is 0.390 e. The molecule has 7 heteroatoms. The molecule has 3 N–H and O–H groups in total. The van der Waals surface area contributed by atoms with E-state index in [1.165, 1.54) is 0 Å². The molecule has 158 valence electrons. The maximum absolute atomic E-state index is 13.2. The molecule has 0 bridgehead atoms. The second kappa shape index (κ2) is 8.32. The van der Waals surface area contributed by atoms with Gasteiger partial charge in [0.15, 0.2) is 0 Å². The van der Waals surface area contributed by atoms with Crippen LogP contribution < -0.4 is 10.4 Å². The standard InChI is InChI=1S/C22H31N3O4/c26-20(23-29)19-15-22(28,14-16-6-7-16)9-8-18(19)21(27)25-12-10-24(11-13-25)17-4-2-1-3-5-17/h1-5,16,18-19,28-29H,6-15H2,(H,23,26)/t18-,19-,22+/m0/s1. The van der Waals surface area contributed by atoms with Crippen LogP contribution in [0.3, 0.4) is 0 Å². The van der Waals surface area contributed by atoms with Crippen molar-refractivity contribution in [1.82, 2.24) is 10.4 Å². The average Bonchev–Trinajstić information content (AvgIpc) is 3.57. The Morgan fingerprint density at radius 3 is 2.34 bits per heavy atom. The van der Waals surface area contributed by atoms with Gasteiger partial charge in [0.25, 0.3) is 0 Å². The number of amides is 2. The highest BCUT2D eigenvalue weighted by molar-refractivity contribution is 5.87. The Bertz CT molecular complexity index is 731. The summed E-state index contributed by atoms with van der Waals surface area (Å²) in [6.07, 6.45) is 4.23. The Balaban J connectivity index is 1.40. The molecular formula is C22H31N3O4. The average molecular weight is 402 g/mol. The summed E-state index contributed by atoms with van der Waals surface area (Å²) in [5, 5.41) is 20.2. The molecule has 1 heterocycles. The van der Waals surface area contributed by atoms with Crippen molar-refractivity contribution in [3.8, 4) is 0 Å². The molecule has 2 amide bonds. The molecule has 3 atom stereocenters. The van der Waals surface area contributed by atoms with E-state index in [0.29, 0.717) is 38.3 Å². The van der Waals surface area contributed by atoms with E-state index >= 15 is 0 Å². The van der Waals surface area contributed by atoms with Crippen LogP contribution in [0.2, 0.25) is 0 Å². The van der Waals surface area contributed by atoms with Gasteiger partial charge in [0.2, 0.25) is 11.8 Å². The molecule has 1 saturated heterocycles. The quantitative estimate of drug-likeness (QED) is 0.517. The van der Waals surface area contributed by atoms with Gasteiger partial charge in [0, 0.05) is 31.9 Å². The number of piperazine rings is 1. The number of hydroxylamine groups is 1.